The predicted molar refractivity (Wildman–Crippen MR) is 112 cm³/mol. The van der Waals surface area contributed by atoms with Crippen LogP contribution >= 0.6 is 0 Å². The Bertz CT molecular complexity index is 994. The van der Waals surface area contributed by atoms with E-state index in [1.165, 1.54) is 23.5 Å². The molecule has 0 fully saturated rings. The van der Waals surface area contributed by atoms with Crippen molar-refractivity contribution in [2.75, 3.05) is 20.2 Å². The minimum Gasteiger partial charge on any atom is -0.495 e. The molecule has 1 N–H and O–H groups in total. The van der Waals surface area contributed by atoms with Crippen molar-refractivity contribution in [3.63, 3.8) is 0 Å². The number of amides is 1. The average molecular weight is 423 g/mol. The molecule has 0 spiro atoms. The van der Waals surface area contributed by atoms with E-state index in [4.69, 9.17) is 4.74 Å². The molecule has 0 aliphatic heterocycles. The number of nitrogens with one attached hydrogen (secondary N) is 1. The Morgan fingerprint density at radius 3 is 2.38 bits per heavy atom. The van der Waals surface area contributed by atoms with Crippen LogP contribution in [-0.4, -0.2) is 48.6 Å². The van der Waals surface area contributed by atoms with Crippen molar-refractivity contribution in [1.82, 2.24) is 19.4 Å². The Kier molecular flexibility index (Phi) is 7.07. The van der Waals surface area contributed by atoms with E-state index in [9.17, 15) is 13.2 Å². The molecule has 0 saturated heterocycles. The number of ether oxygens (including phenoxy) is 1. The fourth-order valence-corrected chi connectivity index (χ4v) is 5.13. The Hall–Kier alpha value is -2.39. The third-order valence-electron chi connectivity index (χ3n) is 5.09. The summed E-state index contributed by atoms with van der Waals surface area (Å²) in [5, 5.41) is 7.32. The fourth-order valence-electron chi connectivity index (χ4n) is 3.49. The third kappa shape index (κ3) is 4.45. The Labute approximate surface area is 172 Å². The fraction of sp³-hybridized carbons (Fsp3) is 0.500. The number of benzene rings is 1. The molecule has 0 saturated carbocycles. The molecule has 2 rings (SSSR count). The Balaban J connectivity index is 2.39. The van der Waals surface area contributed by atoms with Gasteiger partial charge in [0.2, 0.25) is 10.0 Å². The van der Waals surface area contributed by atoms with Gasteiger partial charge in [0.05, 0.1) is 18.8 Å². The molecule has 9 heteroatoms. The van der Waals surface area contributed by atoms with Gasteiger partial charge in [-0.2, -0.15) is 9.40 Å². The first kappa shape index (κ1) is 22.9. The van der Waals surface area contributed by atoms with Crippen LogP contribution in [0, 0.1) is 13.8 Å². The van der Waals surface area contributed by atoms with Gasteiger partial charge >= 0.3 is 0 Å². The van der Waals surface area contributed by atoms with Crippen LogP contribution in [0.3, 0.4) is 0 Å². The number of sulfonamides is 1. The molecule has 0 aliphatic rings. The van der Waals surface area contributed by atoms with Crippen molar-refractivity contribution in [2.45, 2.75) is 45.6 Å². The van der Waals surface area contributed by atoms with Gasteiger partial charge in [-0.3, -0.25) is 9.48 Å². The highest BCUT2D eigenvalue weighted by Crippen LogP contribution is 2.28. The van der Waals surface area contributed by atoms with Gasteiger partial charge in [-0.15, -0.1) is 0 Å². The van der Waals surface area contributed by atoms with Crippen molar-refractivity contribution in [3.8, 4) is 5.75 Å². The summed E-state index contributed by atoms with van der Waals surface area (Å²) in [4.78, 5) is 12.8. The van der Waals surface area contributed by atoms with Crippen LogP contribution in [0.15, 0.2) is 23.1 Å². The summed E-state index contributed by atoms with van der Waals surface area (Å²) < 4.78 is 34.3. The van der Waals surface area contributed by atoms with Gasteiger partial charge in [0.15, 0.2) is 0 Å². The molecule has 1 aromatic heterocycles. The largest absolute Gasteiger partial charge is 0.495 e. The highest BCUT2D eigenvalue weighted by atomic mass is 32.2. The lowest BCUT2D eigenvalue weighted by atomic mass is 10.1. The van der Waals surface area contributed by atoms with E-state index in [0.29, 0.717) is 13.1 Å². The summed E-state index contributed by atoms with van der Waals surface area (Å²) in [6.07, 6.45) is 0. The monoisotopic (exact) mass is 422 g/mol. The molecular formula is C20H30N4O4S. The van der Waals surface area contributed by atoms with Crippen molar-refractivity contribution < 1.29 is 17.9 Å². The third-order valence-corrected chi connectivity index (χ3v) is 7.17. The van der Waals surface area contributed by atoms with Gasteiger partial charge in [-0.1, -0.05) is 13.8 Å². The summed E-state index contributed by atoms with van der Waals surface area (Å²) in [6.45, 7) is 9.91. The lowest BCUT2D eigenvalue weighted by molar-refractivity contribution is 0.0939. The van der Waals surface area contributed by atoms with Gasteiger partial charge < -0.3 is 10.1 Å². The summed E-state index contributed by atoms with van der Waals surface area (Å²) in [7, 11) is -0.511. The second kappa shape index (κ2) is 8.96. The van der Waals surface area contributed by atoms with Crippen LogP contribution in [0.1, 0.15) is 54.1 Å². The molecule has 160 valence electrons. The highest BCUT2D eigenvalue weighted by molar-refractivity contribution is 7.89. The molecule has 1 aromatic carbocycles. The number of methoxy groups -OCH3 is 1. The first-order valence-corrected chi connectivity index (χ1v) is 11.0. The predicted octanol–water partition coefficient (Wildman–Crippen LogP) is 2.57. The molecule has 2 aromatic rings. The first-order chi connectivity index (χ1) is 13.6. The van der Waals surface area contributed by atoms with Crippen molar-refractivity contribution in [3.05, 3.63) is 40.7 Å². The minimum absolute atomic E-state index is 0.0160. The van der Waals surface area contributed by atoms with Gasteiger partial charge in [-0.25, -0.2) is 8.42 Å². The number of nitrogens with zero attached hydrogens (tertiary/aromatic N) is 3. The number of carbonyl (C=O) groups excluding carboxylic acids is 1. The van der Waals surface area contributed by atoms with Crippen LogP contribution in [-0.2, 0) is 17.1 Å². The number of hydrogen-bond acceptors (Lipinski definition) is 5. The zero-order valence-electron chi connectivity index (χ0n) is 18.1. The number of carbonyl (C=O) groups is 1. The Morgan fingerprint density at radius 1 is 1.28 bits per heavy atom. The van der Waals surface area contributed by atoms with Crippen LogP contribution in [0.2, 0.25) is 0 Å². The maximum atomic E-state index is 13.0. The topological polar surface area (TPSA) is 93.5 Å². The van der Waals surface area contributed by atoms with Gasteiger partial charge in [0.25, 0.3) is 5.91 Å². The lowest BCUT2D eigenvalue weighted by Gasteiger charge is -2.21. The molecular weight excluding hydrogens is 392 g/mol. The summed E-state index contributed by atoms with van der Waals surface area (Å²) in [5.41, 5.74) is 3.01. The number of hydrogen-bond donors (Lipinski definition) is 1. The van der Waals surface area contributed by atoms with Crippen LogP contribution in [0.25, 0.3) is 0 Å². The van der Waals surface area contributed by atoms with E-state index in [1.807, 2.05) is 27.8 Å². The van der Waals surface area contributed by atoms with E-state index in [-0.39, 0.29) is 28.2 Å². The van der Waals surface area contributed by atoms with E-state index in [2.05, 4.69) is 10.4 Å². The van der Waals surface area contributed by atoms with Crippen LogP contribution in [0.5, 0.6) is 5.75 Å². The number of rotatable bonds is 8. The summed E-state index contributed by atoms with van der Waals surface area (Å²) in [5.74, 6) is -0.153. The van der Waals surface area contributed by atoms with Gasteiger partial charge in [0.1, 0.15) is 10.6 Å². The summed E-state index contributed by atoms with van der Waals surface area (Å²) >= 11 is 0. The molecule has 8 nitrogen and oxygen atoms in total. The van der Waals surface area contributed by atoms with Crippen molar-refractivity contribution >= 4 is 15.9 Å². The first-order valence-electron chi connectivity index (χ1n) is 9.57. The highest BCUT2D eigenvalue weighted by Gasteiger charge is 2.27. The maximum Gasteiger partial charge on any atom is 0.251 e. The van der Waals surface area contributed by atoms with E-state index >= 15 is 0 Å². The molecule has 0 bridgehead atoms. The van der Waals surface area contributed by atoms with Crippen LogP contribution < -0.4 is 10.1 Å². The zero-order valence-corrected chi connectivity index (χ0v) is 18.9. The number of aromatic nitrogens is 2. The average Bonchev–Trinajstić information content (AvgIpc) is 2.93. The quantitative estimate of drug-likeness (QED) is 0.706. The molecule has 1 atom stereocenters. The minimum atomic E-state index is -3.78. The van der Waals surface area contributed by atoms with E-state index in [0.717, 1.165) is 17.0 Å². The van der Waals surface area contributed by atoms with Gasteiger partial charge in [0, 0.05) is 37.0 Å². The van der Waals surface area contributed by atoms with Crippen molar-refractivity contribution in [1.29, 1.82) is 0 Å². The molecule has 1 heterocycles. The summed E-state index contributed by atoms with van der Waals surface area (Å²) in [6, 6.07) is 4.17. The van der Waals surface area contributed by atoms with Crippen molar-refractivity contribution in [2.24, 2.45) is 7.05 Å². The van der Waals surface area contributed by atoms with Gasteiger partial charge in [-0.05, 0) is 39.0 Å². The molecule has 0 unspecified atom stereocenters. The molecule has 0 aliphatic carbocycles. The zero-order chi connectivity index (χ0) is 21.9. The second-order valence-electron chi connectivity index (χ2n) is 6.86. The Morgan fingerprint density at radius 2 is 1.90 bits per heavy atom. The smallest absolute Gasteiger partial charge is 0.251 e. The van der Waals surface area contributed by atoms with E-state index in [1.54, 1.807) is 24.6 Å². The maximum absolute atomic E-state index is 13.0. The van der Waals surface area contributed by atoms with Crippen LogP contribution in [0.4, 0.5) is 0 Å². The molecule has 1 amide bonds. The molecule has 0 radical (unpaired) electrons. The molecule has 29 heavy (non-hydrogen) atoms. The normalized spacial score (nSPS) is 12.8. The SMILES string of the molecule is CCN(CC)S(=O)(=O)c1cc(C(=O)N[C@H](C)c2c(C)nn(C)c2C)ccc1OC. The second-order valence-corrected chi connectivity index (χ2v) is 8.76. The van der Waals surface area contributed by atoms with E-state index < -0.39 is 10.0 Å². The number of aryl methyl sites for hydroxylation is 2. The lowest BCUT2D eigenvalue weighted by Crippen LogP contribution is -2.31. The standard InChI is InChI=1S/C20H30N4O4S/c1-8-24(9-2)29(26,27)18-12-16(10-11-17(18)28-7)20(25)21-13(3)19-14(4)22-23(6)15(19)5/h10-13H,8-9H2,1-7H3,(H,21,25)/t13-/m1/s1.